The summed E-state index contributed by atoms with van der Waals surface area (Å²) in [4.78, 5) is 14.9. The molecule has 126 valence electrons. The van der Waals surface area contributed by atoms with E-state index in [1.807, 2.05) is 4.90 Å². The van der Waals surface area contributed by atoms with E-state index >= 15 is 0 Å². The third-order valence-electron chi connectivity index (χ3n) is 4.93. The van der Waals surface area contributed by atoms with Crippen LogP contribution in [0.15, 0.2) is 35.2 Å². The molecule has 0 bridgehead atoms. The molecule has 5 nitrogen and oxygen atoms in total. The monoisotopic (exact) mass is 336 g/mol. The molecular formula is C17H24N2O3S. The number of amides is 1. The summed E-state index contributed by atoms with van der Waals surface area (Å²) in [6, 6.07) is 7.88. The molecule has 2 aliphatic heterocycles. The first-order chi connectivity index (χ1) is 11.0. The zero-order chi connectivity index (χ0) is 16.4. The maximum atomic E-state index is 12.8. The molecule has 0 radical (unpaired) electrons. The Bertz CT molecular complexity index is 652. The molecule has 0 unspecified atom stereocenters. The van der Waals surface area contributed by atoms with Crippen LogP contribution in [0.4, 0.5) is 0 Å². The Hall–Kier alpha value is -1.40. The highest BCUT2D eigenvalue weighted by Crippen LogP contribution is 2.28. The number of rotatable bonds is 3. The molecule has 23 heavy (non-hydrogen) atoms. The van der Waals surface area contributed by atoms with Crippen LogP contribution >= 0.6 is 0 Å². The lowest BCUT2D eigenvalue weighted by Gasteiger charge is -2.34. The summed E-state index contributed by atoms with van der Waals surface area (Å²) in [6.45, 7) is 4.12. The minimum Gasteiger partial charge on any atom is -0.341 e. The average molecular weight is 336 g/mol. The van der Waals surface area contributed by atoms with Gasteiger partial charge in [-0.3, -0.25) is 4.79 Å². The van der Waals surface area contributed by atoms with Gasteiger partial charge in [0.25, 0.3) is 0 Å². The van der Waals surface area contributed by atoms with Crippen LogP contribution in [0, 0.1) is 5.92 Å². The maximum Gasteiger partial charge on any atom is 0.243 e. The second kappa shape index (κ2) is 6.61. The Kier molecular flexibility index (Phi) is 4.73. The fraction of sp³-hybridized carbons (Fsp3) is 0.588. The molecule has 0 saturated carbocycles. The molecule has 3 rings (SSSR count). The highest BCUT2D eigenvalue weighted by molar-refractivity contribution is 7.89. The van der Waals surface area contributed by atoms with E-state index in [2.05, 4.69) is 6.92 Å². The lowest BCUT2D eigenvalue weighted by atomic mass is 9.98. The van der Waals surface area contributed by atoms with Gasteiger partial charge in [-0.15, -0.1) is 0 Å². The molecule has 2 heterocycles. The molecule has 2 saturated heterocycles. The highest BCUT2D eigenvalue weighted by atomic mass is 32.2. The third-order valence-corrected chi connectivity index (χ3v) is 6.86. The van der Waals surface area contributed by atoms with Crippen LogP contribution in [0.2, 0.25) is 0 Å². The number of nitrogens with zero attached hydrogens (tertiary/aromatic N) is 2. The van der Waals surface area contributed by atoms with Crippen molar-refractivity contribution in [2.45, 2.75) is 43.5 Å². The Morgan fingerprint density at radius 3 is 2.35 bits per heavy atom. The van der Waals surface area contributed by atoms with Gasteiger partial charge >= 0.3 is 0 Å². The number of carbonyl (C=O) groups excluding carboxylic acids is 1. The van der Waals surface area contributed by atoms with Crippen LogP contribution in [0.3, 0.4) is 0 Å². The normalized spacial score (nSPS) is 24.0. The van der Waals surface area contributed by atoms with Crippen molar-refractivity contribution >= 4 is 15.9 Å². The van der Waals surface area contributed by atoms with Crippen molar-refractivity contribution in [3.8, 4) is 0 Å². The van der Waals surface area contributed by atoms with E-state index in [9.17, 15) is 13.2 Å². The summed E-state index contributed by atoms with van der Waals surface area (Å²) >= 11 is 0. The topological polar surface area (TPSA) is 57.7 Å². The molecule has 2 aliphatic rings. The van der Waals surface area contributed by atoms with Crippen molar-refractivity contribution in [3.05, 3.63) is 30.3 Å². The first-order valence-corrected chi connectivity index (χ1v) is 9.80. The molecule has 6 heteroatoms. The number of hydrogen-bond donors (Lipinski definition) is 0. The number of sulfonamides is 1. The van der Waals surface area contributed by atoms with Crippen LogP contribution in [0.25, 0.3) is 0 Å². The predicted octanol–water partition coefficient (Wildman–Crippen LogP) is 2.10. The molecule has 0 N–H and O–H groups in total. The van der Waals surface area contributed by atoms with Crippen molar-refractivity contribution in [2.24, 2.45) is 5.92 Å². The molecule has 2 fully saturated rings. The fourth-order valence-corrected chi connectivity index (χ4v) is 5.11. The van der Waals surface area contributed by atoms with Crippen molar-refractivity contribution < 1.29 is 13.2 Å². The molecule has 0 spiro atoms. The quantitative estimate of drug-likeness (QED) is 0.849. The van der Waals surface area contributed by atoms with Gasteiger partial charge in [0, 0.05) is 19.6 Å². The number of benzene rings is 1. The van der Waals surface area contributed by atoms with E-state index in [-0.39, 0.29) is 10.8 Å². The average Bonchev–Trinajstić information content (AvgIpc) is 3.06. The van der Waals surface area contributed by atoms with E-state index in [0.29, 0.717) is 18.9 Å². The Labute approximate surface area is 138 Å². The first-order valence-electron chi connectivity index (χ1n) is 8.36. The standard InChI is InChI=1S/C17H24N2O3S/c1-14-9-12-18(13-10-14)17(20)16-8-5-11-19(16)23(21,22)15-6-3-2-4-7-15/h2-4,6-7,14,16H,5,8-13H2,1H3/t16-/m1/s1. The summed E-state index contributed by atoms with van der Waals surface area (Å²) < 4.78 is 27.1. The summed E-state index contributed by atoms with van der Waals surface area (Å²) in [5, 5.41) is 0. The number of hydrogen-bond acceptors (Lipinski definition) is 3. The van der Waals surface area contributed by atoms with Gasteiger partial charge in [0.05, 0.1) is 4.90 Å². The van der Waals surface area contributed by atoms with Crippen LogP contribution in [-0.2, 0) is 14.8 Å². The Morgan fingerprint density at radius 1 is 1.04 bits per heavy atom. The van der Waals surface area contributed by atoms with Gasteiger partial charge in [-0.05, 0) is 43.7 Å². The smallest absolute Gasteiger partial charge is 0.243 e. The van der Waals surface area contributed by atoms with Crippen molar-refractivity contribution in [1.82, 2.24) is 9.21 Å². The van der Waals surface area contributed by atoms with E-state index < -0.39 is 16.1 Å². The lowest BCUT2D eigenvalue weighted by Crippen LogP contribution is -2.49. The zero-order valence-corrected chi connectivity index (χ0v) is 14.3. The van der Waals surface area contributed by atoms with Gasteiger partial charge in [-0.1, -0.05) is 25.1 Å². The van der Waals surface area contributed by atoms with Crippen molar-refractivity contribution in [3.63, 3.8) is 0 Å². The van der Waals surface area contributed by atoms with Gasteiger partial charge in [-0.2, -0.15) is 4.31 Å². The minimum absolute atomic E-state index is 0.0195. The molecule has 1 aromatic carbocycles. The van der Waals surface area contributed by atoms with E-state index in [4.69, 9.17) is 0 Å². The second-order valence-electron chi connectivity index (χ2n) is 6.59. The van der Waals surface area contributed by atoms with Gasteiger partial charge in [0.1, 0.15) is 6.04 Å². The Balaban J connectivity index is 1.79. The third kappa shape index (κ3) is 3.28. The molecule has 1 atom stereocenters. The predicted molar refractivity (Wildman–Crippen MR) is 88.3 cm³/mol. The molecule has 1 amide bonds. The second-order valence-corrected chi connectivity index (χ2v) is 8.49. The van der Waals surface area contributed by atoms with Crippen molar-refractivity contribution in [1.29, 1.82) is 0 Å². The maximum absolute atomic E-state index is 12.8. The van der Waals surface area contributed by atoms with Crippen LogP contribution in [0.1, 0.15) is 32.6 Å². The number of carbonyl (C=O) groups is 1. The number of piperidine rings is 1. The van der Waals surface area contributed by atoms with Gasteiger partial charge in [0.15, 0.2) is 0 Å². The van der Waals surface area contributed by atoms with Gasteiger partial charge in [-0.25, -0.2) is 8.42 Å². The van der Waals surface area contributed by atoms with Crippen LogP contribution < -0.4 is 0 Å². The van der Waals surface area contributed by atoms with Crippen LogP contribution in [-0.4, -0.2) is 49.2 Å². The SMILES string of the molecule is CC1CCN(C(=O)[C@H]2CCCN2S(=O)(=O)c2ccccc2)CC1. The molecule has 0 aromatic heterocycles. The summed E-state index contributed by atoms with van der Waals surface area (Å²) in [5.41, 5.74) is 0. The van der Waals surface area contributed by atoms with E-state index in [0.717, 1.165) is 32.4 Å². The van der Waals surface area contributed by atoms with Crippen molar-refractivity contribution in [2.75, 3.05) is 19.6 Å². The molecular weight excluding hydrogens is 312 g/mol. The summed E-state index contributed by atoms with van der Waals surface area (Å²) in [7, 11) is -3.60. The van der Waals surface area contributed by atoms with Gasteiger partial charge < -0.3 is 4.90 Å². The summed E-state index contributed by atoms with van der Waals surface area (Å²) in [5.74, 6) is 0.626. The van der Waals surface area contributed by atoms with E-state index in [1.165, 1.54) is 4.31 Å². The minimum atomic E-state index is -3.60. The summed E-state index contributed by atoms with van der Waals surface area (Å²) in [6.07, 6.45) is 3.37. The fourth-order valence-electron chi connectivity index (χ4n) is 3.44. The zero-order valence-electron chi connectivity index (χ0n) is 13.5. The largest absolute Gasteiger partial charge is 0.341 e. The van der Waals surface area contributed by atoms with Crippen LogP contribution in [0.5, 0.6) is 0 Å². The first kappa shape index (κ1) is 16.5. The number of likely N-dealkylation sites (tertiary alicyclic amines) is 1. The Morgan fingerprint density at radius 2 is 1.70 bits per heavy atom. The van der Waals surface area contributed by atoms with E-state index in [1.54, 1.807) is 30.3 Å². The lowest BCUT2D eigenvalue weighted by molar-refractivity contribution is -0.135. The molecule has 1 aromatic rings. The molecule has 0 aliphatic carbocycles. The van der Waals surface area contributed by atoms with Gasteiger partial charge in [0.2, 0.25) is 15.9 Å². The highest BCUT2D eigenvalue weighted by Gasteiger charge is 2.41.